The van der Waals surface area contributed by atoms with Crippen LogP contribution < -0.4 is 0 Å². The number of fused-ring (bicyclic) bond motifs is 1. The van der Waals surface area contributed by atoms with Crippen LogP contribution in [0.15, 0.2) is 42.9 Å². The Morgan fingerprint density at radius 1 is 1.07 bits per heavy atom. The summed E-state index contributed by atoms with van der Waals surface area (Å²) in [4.78, 5) is 18.8. The van der Waals surface area contributed by atoms with Gasteiger partial charge in [0.2, 0.25) is 0 Å². The molecule has 4 aromatic rings. The lowest BCUT2D eigenvalue weighted by Gasteiger charge is -2.33. The topological polar surface area (TPSA) is 86.8 Å². The van der Waals surface area contributed by atoms with Crippen LogP contribution in [-0.4, -0.2) is 68.7 Å². The molecule has 1 aliphatic rings. The van der Waals surface area contributed by atoms with Crippen LogP contribution in [0.25, 0.3) is 28.2 Å². The summed E-state index contributed by atoms with van der Waals surface area (Å²) >= 11 is 0. The van der Waals surface area contributed by atoms with E-state index in [4.69, 9.17) is 14.6 Å². The highest BCUT2D eigenvalue weighted by molar-refractivity contribution is 6.76. The lowest BCUT2D eigenvalue weighted by atomic mass is 9.88. The van der Waals surface area contributed by atoms with Crippen molar-refractivity contribution in [1.82, 2.24) is 29.3 Å². The van der Waals surface area contributed by atoms with Gasteiger partial charge in [0.15, 0.2) is 5.65 Å². The van der Waals surface area contributed by atoms with E-state index in [0.717, 1.165) is 59.2 Å². The van der Waals surface area contributed by atoms with Crippen molar-refractivity contribution in [3.63, 3.8) is 0 Å². The standard InChI is InChI=1S/C35H50N6O3Si/c1-24(2)30-31(28-12-10-26(11-13-28)27-14-16-39(17-15-27)34(42)44-35(4,5)6)38-41(23-43-18-19-45(7,8)9)32(30)29-20-25(3)33-36-22-37-40(33)21-29/h10-13,20-22,24,27H,14-19,23H2,1-9H3. The molecule has 242 valence electrons. The van der Waals surface area contributed by atoms with Crippen molar-refractivity contribution < 1.29 is 14.3 Å². The molecule has 4 heterocycles. The number of aromatic nitrogens is 5. The smallest absolute Gasteiger partial charge is 0.410 e. The fourth-order valence-corrected chi connectivity index (χ4v) is 6.78. The van der Waals surface area contributed by atoms with E-state index in [9.17, 15) is 4.79 Å². The van der Waals surface area contributed by atoms with E-state index >= 15 is 0 Å². The van der Waals surface area contributed by atoms with Crippen molar-refractivity contribution in [1.29, 1.82) is 0 Å². The van der Waals surface area contributed by atoms with Gasteiger partial charge in [-0.15, -0.1) is 0 Å². The van der Waals surface area contributed by atoms with E-state index in [1.54, 1.807) is 6.33 Å². The molecule has 1 aliphatic heterocycles. The van der Waals surface area contributed by atoms with E-state index in [1.807, 2.05) is 41.1 Å². The molecular weight excluding hydrogens is 581 g/mol. The van der Waals surface area contributed by atoms with Gasteiger partial charge in [-0.2, -0.15) is 10.2 Å². The molecule has 45 heavy (non-hydrogen) atoms. The van der Waals surface area contributed by atoms with Crippen molar-refractivity contribution in [3.8, 4) is 22.5 Å². The molecular formula is C35H50N6O3Si. The number of piperidine rings is 1. The molecule has 0 unspecified atom stereocenters. The maximum atomic E-state index is 12.6. The van der Waals surface area contributed by atoms with Crippen LogP contribution in [-0.2, 0) is 16.2 Å². The Labute approximate surface area is 269 Å². The maximum Gasteiger partial charge on any atom is 0.410 e. The number of amides is 1. The third-order valence-corrected chi connectivity index (χ3v) is 10.1. The van der Waals surface area contributed by atoms with Crippen molar-refractivity contribution in [2.24, 2.45) is 0 Å². The predicted octanol–water partition coefficient (Wildman–Crippen LogP) is 8.12. The molecule has 1 saturated heterocycles. The Balaban J connectivity index is 1.43. The minimum Gasteiger partial charge on any atom is -0.444 e. The zero-order chi connectivity index (χ0) is 32.5. The van der Waals surface area contributed by atoms with E-state index < -0.39 is 13.7 Å². The maximum absolute atomic E-state index is 12.6. The molecule has 0 aliphatic carbocycles. The fraction of sp³-hybridized carbons (Fsp3) is 0.543. The summed E-state index contributed by atoms with van der Waals surface area (Å²) in [6.07, 6.45) is 5.28. The van der Waals surface area contributed by atoms with Crippen LogP contribution in [0, 0.1) is 6.92 Å². The second kappa shape index (κ2) is 13.1. The number of rotatable bonds is 9. The van der Waals surface area contributed by atoms with E-state index in [2.05, 4.69) is 80.8 Å². The van der Waals surface area contributed by atoms with Crippen molar-refractivity contribution in [3.05, 3.63) is 59.5 Å². The predicted molar refractivity (Wildman–Crippen MR) is 182 cm³/mol. The van der Waals surface area contributed by atoms with Gasteiger partial charge in [0.05, 0.1) is 11.4 Å². The third kappa shape index (κ3) is 7.84. The van der Waals surface area contributed by atoms with Gasteiger partial charge < -0.3 is 14.4 Å². The van der Waals surface area contributed by atoms with Gasteiger partial charge in [0.25, 0.3) is 0 Å². The monoisotopic (exact) mass is 630 g/mol. The number of aryl methyl sites for hydroxylation is 1. The van der Waals surface area contributed by atoms with Gasteiger partial charge in [0.1, 0.15) is 18.7 Å². The highest BCUT2D eigenvalue weighted by Crippen LogP contribution is 2.39. The zero-order valence-corrected chi connectivity index (χ0v) is 29.6. The van der Waals surface area contributed by atoms with Crippen LogP contribution in [0.4, 0.5) is 4.79 Å². The number of carbonyl (C=O) groups is 1. The first-order valence-corrected chi connectivity index (χ1v) is 20.0. The number of benzene rings is 1. The van der Waals surface area contributed by atoms with Gasteiger partial charge >= 0.3 is 6.09 Å². The van der Waals surface area contributed by atoms with Gasteiger partial charge in [0, 0.05) is 50.7 Å². The number of ether oxygens (including phenoxy) is 2. The number of hydrogen-bond acceptors (Lipinski definition) is 6. The minimum absolute atomic E-state index is 0.216. The Kier molecular flexibility index (Phi) is 9.56. The summed E-state index contributed by atoms with van der Waals surface area (Å²) in [5.74, 6) is 0.641. The van der Waals surface area contributed by atoms with Crippen molar-refractivity contribution in [2.45, 2.75) is 104 Å². The van der Waals surface area contributed by atoms with Crippen LogP contribution in [0.5, 0.6) is 0 Å². The molecule has 3 aromatic heterocycles. The minimum atomic E-state index is -1.22. The summed E-state index contributed by atoms with van der Waals surface area (Å²) in [6.45, 7) is 21.9. The van der Waals surface area contributed by atoms with Gasteiger partial charge in [-0.3, -0.25) is 0 Å². The third-order valence-electron chi connectivity index (χ3n) is 8.41. The lowest BCUT2D eigenvalue weighted by Crippen LogP contribution is -2.41. The number of hydrogen-bond donors (Lipinski definition) is 0. The number of nitrogens with zero attached hydrogens (tertiary/aromatic N) is 6. The van der Waals surface area contributed by atoms with Gasteiger partial charge in [-0.1, -0.05) is 57.8 Å². The zero-order valence-electron chi connectivity index (χ0n) is 28.6. The summed E-state index contributed by atoms with van der Waals surface area (Å²) < 4.78 is 15.7. The second-order valence-corrected chi connectivity index (χ2v) is 20.5. The number of pyridine rings is 1. The molecule has 1 amide bonds. The molecule has 0 bridgehead atoms. The Hall–Kier alpha value is -3.50. The van der Waals surface area contributed by atoms with Crippen LogP contribution in [0.1, 0.15) is 76.0 Å². The van der Waals surface area contributed by atoms with E-state index in [0.29, 0.717) is 25.7 Å². The lowest BCUT2D eigenvalue weighted by molar-refractivity contribution is 0.0205. The Bertz CT molecular complexity index is 1620. The van der Waals surface area contributed by atoms with Crippen molar-refractivity contribution in [2.75, 3.05) is 19.7 Å². The SMILES string of the molecule is Cc1cc(-c2c(C(C)C)c(-c3ccc(C4CCN(C(=O)OC(C)(C)C)CC4)cc3)nn2COCC[Si](C)(C)C)cn2ncnc12. The van der Waals surface area contributed by atoms with Crippen LogP contribution in [0.3, 0.4) is 0 Å². The molecule has 0 saturated carbocycles. The molecule has 0 radical (unpaired) electrons. The second-order valence-electron chi connectivity index (χ2n) is 14.9. The van der Waals surface area contributed by atoms with Crippen LogP contribution >= 0.6 is 0 Å². The molecule has 10 heteroatoms. The van der Waals surface area contributed by atoms with E-state index in [1.165, 1.54) is 11.1 Å². The van der Waals surface area contributed by atoms with Crippen LogP contribution in [0.2, 0.25) is 25.7 Å². The molecule has 0 N–H and O–H groups in total. The molecule has 1 fully saturated rings. The first-order valence-electron chi connectivity index (χ1n) is 16.3. The molecule has 0 atom stereocenters. The van der Waals surface area contributed by atoms with Crippen molar-refractivity contribution >= 4 is 19.8 Å². The number of likely N-dealkylation sites (tertiary alicyclic amines) is 1. The molecule has 1 aromatic carbocycles. The Morgan fingerprint density at radius 3 is 2.38 bits per heavy atom. The fourth-order valence-electron chi connectivity index (χ4n) is 6.02. The normalized spacial score (nSPS) is 14.9. The highest BCUT2D eigenvalue weighted by atomic mass is 28.3. The number of carbonyl (C=O) groups excluding carboxylic acids is 1. The highest BCUT2D eigenvalue weighted by Gasteiger charge is 2.28. The summed E-state index contributed by atoms with van der Waals surface area (Å²) in [6, 6.07) is 12.2. The first-order chi connectivity index (χ1) is 21.2. The van der Waals surface area contributed by atoms with Gasteiger partial charge in [-0.05, 0) is 75.6 Å². The Morgan fingerprint density at radius 2 is 1.76 bits per heavy atom. The molecule has 9 nitrogen and oxygen atoms in total. The summed E-state index contributed by atoms with van der Waals surface area (Å²) in [7, 11) is -1.22. The average Bonchev–Trinajstić information content (AvgIpc) is 3.60. The summed E-state index contributed by atoms with van der Waals surface area (Å²) in [5, 5.41) is 9.65. The quantitative estimate of drug-likeness (QED) is 0.137. The van der Waals surface area contributed by atoms with Gasteiger partial charge in [-0.25, -0.2) is 19.0 Å². The molecule has 5 rings (SSSR count). The first kappa shape index (κ1) is 32.9. The largest absolute Gasteiger partial charge is 0.444 e. The average molecular weight is 631 g/mol. The van der Waals surface area contributed by atoms with E-state index in [-0.39, 0.29) is 12.0 Å². The molecule has 0 spiro atoms. The summed E-state index contributed by atoms with van der Waals surface area (Å²) in [5.41, 5.74) is 8.13.